The number of amides is 1. The average Bonchev–Trinajstić information content (AvgIpc) is 2.51. The van der Waals surface area contributed by atoms with Crippen molar-refractivity contribution in [2.75, 3.05) is 13.1 Å². The van der Waals surface area contributed by atoms with Gasteiger partial charge in [-0.2, -0.15) is 0 Å². The molecule has 116 valence electrons. The molecule has 0 aromatic carbocycles. The Morgan fingerprint density at radius 1 is 0.714 bits per heavy atom. The molecule has 0 aromatic heterocycles. The summed E-state index contributed by atoms with van der Waals surface area (Å²) in [6.07, 6.45) is 7.88. The van der Waals surface area contributed by atoms with Crippen molar-refractivity contribution >= 4 is 17.5 Å². The van der Waals surface area contributed by atoms with Crippen molar-refractivity contribution in [3.05, 3.63) is 38.0 Å². The Kier molecular flexibility index (Phi) is 10.7. The van der Waals surface area contributed by atoms with Crippen LogP contribution in [0.1, 0.15) is 38.5 Å². The molecule has 0 fully saturated rings. The van der Waals surface area contributed by atoms with Crippen molar-refractivity contribution in [2.45, 2.75) is 38.5 Å². The van der Waals surface area contributed by atoms with Gasteiger partial charge in [-0.05, 0) is 43.9 Å². The number of carbonyl (C=O) groups excluding carboxylic acids is 3. The predicted octanol–water partition coefficient (Wildman–Crippen LogP) is 2.85. The molecule has 0 N–H and O–H groups in total. The molecule has 0 radical (unpaired) electrons. The third-order valence-electron chi connectivity index (χ3n) is 3.14. The monoisotopic (exact) mass is 291 g/mol. The van der Waals surface area contributed by atoms with E-state index in [1.807, 2.05) is 0 Å². The van der Waals surface area contributed by atoms with Crippen molar-refractivity contribution in [1.29, 1.82) is 0 Å². The van der Waals surface area contributed by atoms with Crippen LogP contribution in [0.2, 0.25) is 0 Å². The van der Waals surface area contributed by atoms with Gasteiger partial charge in [-0.3, -0.25) is 14.4 Å². The summed E-state index contributed by atoms with van der Waals surface area (Å²) >= 11 is 0. The number of carbonyl (C=O) groups is 3. The molecule has 0 unspecified atom stereocenters. The highest BCUT2D eigenvalue weighted by Crippen LogP contribution is 2.05. The van der Waals surface area contributed by atoms with E-state index in [4.69, 9.17) is 0 Å². The van der Waals surface area contributed by atoms with Crippen LogP contribution in [-0.4, -0.2) is 35.5 Å². The molecule has 0 rings (SSSR count). The molecule has 0 atom stereocenters. The van der Waals surface area contributed by atoms with Gasteiger partial charge in [-0.1, -0.05) is 19.7 Å². The van der Waals surface area contributed by atoms with Gasteiger partial charge in [0, 0.05) is 25.9 Å². The first-order valence-electron chi connectivity index (χ1n) is 7.27. The van der Waals surface area contributed by atoms with Crippen LogP contribution in [0.15, 0.2) is 38.0 Å². The Labute approximate surface area is 127 Å². The van der Waals surface area contributed by atoms with E-state index >= 15 is 0 Å². The molecule has 0 saturated heterocycles. The molecule has 0 saturated carbocycles. The van der Waals surface area contributed by atoms with E-state index in [0.717, 1.165) is 25.7 Å². The SMILES string of the molecule is C=CC(=O)CCCCN(CCCCC(=O)C=C)C(=O)C=C. The predicted molar refractivity (Wildman–Crippen MR) is 84.9 cm³/mol. The summed E-state index contributed by atoms with van der Waals surface area (Å²) in [5.74, 6) is -0.0563. The normalized spacial score (nSPS) is 9.71. The number of nitrogens with zero attached hydrogens (tertiary/aromatic N) is 1. The van der Waals surface area contributed by atoms with E-state index < -0.39 is 0 Å². The van der Waals surface area contributed by atoms with Crippen LogP contribution < -0.4 is 0 Å². The molecule has 0 heterocycles. The number of allylic oxidation sites excluding steroid dienone is 2. The molecule has 0 bridgehead atoms. The highest BCUT2D eigenvalue weighted by molar-refractivity contribution is 5.89. The van der Waals surface area contributed by atoms with Crippen LogP contribution in [0.3, 0.4) is 0 Å². The molecule has 4 heteroatoms. The second-order valence-electron chi connectivity index (χ2n) is 4.78. The maximum atomic E-state index is 11.7. The standard InChI is InChI=1S/C17H25NO3/c1-4-15(19)11-7-9-13-18(17(21)6-3)14-10-8-12-16(20)5-2/h4-6H,1-3,7-14H2. The Balaban J connectivity index is 4.03. The first kappa shape index (κ1) is 19.0. The summed E-state index contributed by atoms with van der Waals surface area (Å²) in [5.41, 5.74) is 0. The second kappa shape index (κ2) is 11.8. The van der Waals surface area contributed by atoms with Crippen molar-refractivity contribution in [1.82, 2.24) is 4.90 Å². The van der Waals surface area contributed by atoms with E-state index in [-0.39, 0.29) is 17.5 Å². The highest BCUT2D eigenvalue weighted by atomic mass is 16.2. The molecule has 0 aromatic rings. The van der Waals surface area contributed by atoms with Crippen LogP contribution >= 0.6 is 0 Å². The van der Waals surface area contributed by atoms with Gasteiger partial charge < -0.3 is 4.90 Å². The number of ketones is 2. The van der Waals surface area contributed by atoms with Crippen LogP contribution in [-0.2, 0) is 14.4 Å². The van der Waals surface area contributed by atoms with Gasteiger partial charge in [0.1, 0.15) is 0 Å². The molecular weight excluding hydrogens is 266 g/mol. The van der Waals surface area contributed by atoms with E-state index in [2.05, 4.69) is 19.7 Å². The molecular formula is C17H25NO3. The molecule has 0 spiro atoms. The summed E-state index contributed by atoms with van der Waals surface area (Å²) in [6, 6.07) is 0. The molecule has 21 heavy (non-hydrogen) atoms. The van der Waals surface area contributed by atoms with Crippen LogP contribution in [0.5, 0.6) is 0 Å². The van der Waals surface area contributed by atoms with Gasteiger partial charge in [0.05, 0.1) is 0 Å². The summed E-state index contributed by atoms with van der Waals surface area (Å²) in [6.45, 7) is 11.5. The summed E-state index contributed by atoms with van der Waals surface area (Å²) in [7, 11) is 0. The minimum absolute atomic E-state index is 0.0273. The average molecular weight is 291 g/mol. The third-order valence-corrected chi connectivity index (χ3v) is 3.14. The summed E-state index contributed by atoms with van der Waals surface area (Å²) in [4.78, 5) is 35.6. The number of unbranched alkanes of at least 4 members (excludes halogenated alkanes) is 2. The van der Waals surface area contributed by atoms with E-state index in [1.165, 1.54) is 18.2 Å². The zero-order valence-electron chi connectivity index (χ0n) is 12.7. The van der Waals surface area contributed by atoms with Crippen molar-refractivity contribution in [3.63, 3.8) is 0 Å². The number of rotatable bonds is 13. The van der Waals surface area contributed by atoms with Gasteiger partial charge in [0.2, 0.25) is 5.91 Å². The van der Waals surface area contributed by atoms with Gasteiger partial charge in [-0.25, -0.2) is 0 Å². The Hall–Kier alpha value is -1.97. The Morgan fingerprint density at radius 2 is 1.14 bits per heavy atom. The van der Waals surface area contributed by atoms with Crippen molar-refractivity contribution < 1.29 is 14.4 Å². The number of hydrogen-bond donors (Lipinski definition) is 0. The van der Waals surface area contributed by atoms with E-state index in [0.29, 0.717) is 25.9 Å². The van der Waals surface area contributed by atoms with E-state index in [9.17, 15) is 14.4 Å². The van der Waals surface area contributed by atoms with Crippen LogP contribution in [0.25, 0.3) is 0 Å². The second-order valence-corrected chi connectivity index (χ2v) is 4.78. The maximum Gasteiger partial charge on any atom is 0.245 e. The lowest BCUT2D eigenvalue weighted by atomic mass is 10.1. The smallest absolute Gasteiger partial charge is 0.245 e. The lowest BCUT2D eigenvalue weighted by molar-refractivity contribution is -0.126. The third kappa shape index (κ3) is 9.55. The first-order valence-corrected chi connectivity index (χ1v) is 7.27. The largest absolute Gasteiger partial charge is 0.339 e. The Bertz CT molecular complexity index is 371. The fraction of sp³-hybridized carbons (Fsp3) is 0.471. The molecule has 0 aliphatic heterocycles. The summed E-state index contributed by atoms with van der Waals surface area (Å²) in [5, 5.41) is 0. The lowest BCUT2D eigenvalue weighted by Crippen LogP contribution is -2.31. The topological polar surface area (TPSA) is 54.5 Å². The minimum Gasteiger partial charge on any atom is -0.339 e. The van der Waals surface area contributed by atoms with Gasteiger partial charge in [0.25, 0.3) is 0 Å². The minimum atomic E-state index is -0.111. The van der Waals surface area contributed by atoms with Gasteiger partial charge in [-0.15, -0.1) is 0 Å². The number of hydrogen-bond acceptors (Lipinski definition) is 3. The summed E-state index contributed by atoms with van der Waals surface area (Å²) < 4.78 is 0. The van der Waals surface area contributed by atoms with Crippen LogP contribution in [0.4, 0.5) is 0 Å². The highest BCUT2D eigenvalue weighted by Gasteiger charge is 2.10. The van der Waals surface area contributed by atoms with E-state index in [1.54, 1.807) is 4.90 Å². The molecule has 0 aliphatic rings. The van der Waals surface area contributed by atoms with Crippen molar-refractivity contribution in [2.24, 2.45) is 0 Å². The van der Waals surface area contributed by atoms with Gasteiger partial charge >= 0.3 is 0 Å². The first-order chi connectivity index (χ1) is 10.0. The zero-order chi connectivity index (χ0) is 16.1. The fourth-order valence-electron chi connectivity index (χ4n) is 1.87. The van der Waals surface area contributed by atoms with Crippen molar-refractivity contribution in [3.8, 4) is 0 Å². The zero-order valence-corrected chi connectivity index (χ0v) is 12.7. The van der Waals surface area contributed by atoms with Gasteiger partial charge in [0.15, 0.2) is 11.6 Å². The molecule has 4 nitrogen and oxygen atoms in total. The maximum absolute atomic E-state index is 11.7. The molecule has 0 aliphatic carbocycles. The quantitative estimate of drug-likeness (QED) is 0.387. The fourth-order valence-corrected chi connectivity index (χ4v) is 1.87. The Morgan fingerprint density at radius 3 is 1.48 bits per heavy atom. The van der Waals surface area contributed by atoms with Crippen LogP contribution in [0, 0.1) is 0 Å². The lowest BCUT2D eigenvalue weighted by Gasteiger charge is -2.21. The molecule has 1 amide bonds.